The molecule has 2 N–H and O–H groups in total. The van der Waals surface area contributed by atoms with Crippen LogP contribution in [0.5, 0.6) is 0 Å². The van der Waals surface area contributed by atoms with Crippen LogP contribution in [-0.4, -0.2) is 13.6 Å². The maximum Gasteiger partial charge on any atom is 0.123 e. The number of likely N-dealkylation sites (N-methyl/N-ethyl adjacent to an activating group) is 1. The van der Waals surface area contributed by atoms with Gasteiger partial charge in [-0.2, -0.15) is 0 Å². The molecule has 2 aromatic rings. The van der Waals surface area contributed by atoms with Gasteiger partial charge in [0.2, 0.25) is 0 Å². The lowest BCUT2D eigenvalue weighted by atomic mass is 10.1. The third-order valence-electron chi connectivity index (χ3n) is 3.03. The van der Waals surface area contributed by atoms with Gasteiger partial charge in [0.05, 0.1) is 11.4 Å². The highest BCUT2D eigenvalue weighted by molar-refractivity contribution is 9.10. The topological polar surface area (TPSA) is 29.3 Å². The first-order chi connectivity index (χ1) is 9.06. The van der Waals surface area contributed by atoms with E-state index in [0.717, 1.165) is 34.4 Å². The van der Waals surface area contributed by atoms with E-state index in [0.29, 0.717) is 0 Å². The largest absolute Gasteiger partial charge is 0.397 e. The third-order valence-corrected chi connectivity index (χ3v) is 3.52. The number of nitrogens with two attached hydrogens (primary N) is 1. The molecule has 0 aliphatic rings. The standard InChI is InChI=1S/C15H16BrFN2/c1-19(15-6-5-12(16)10-14(15)18)8-7-11-3-2-4-13(17)9-11/h2-6,9-10H,7-8,18H2,1H3. The van der Waals surface area contributed by atoms with E-state index < -0.39 is 0 Å². The van der Waals surface area contributed by atoms with Crippen molar-refractivity contribution in [2.75, 3.05) is 24.2 Å². The van der Waals surface area contributed by atoms with Gasteiger partial charge in [-0.1, -0.05) is 28.1 Å². The summed E-state index contributed by atoms with van der Waals surface area (Å²) in [4.78, 5) is 2.08. The molecule has 0 radical (unpaired) electrons. The molecule has 19 heavy (non-hydrogen) atoms. The van der Waals surface area contributed by atoms with Crippen LogP contribution in [0.4, 0.5) is 15.8 Å². The predicted octanol–water partition coefficient (Wildman–Crippen LogP) is 3.85. The van der Waals surface area contributed by atoms with Crippen LogP contribution in [0, 0.1) is 5.82 Å². The summed E-state index contributed by atoms with van der Waals surface area (Å²) in [6, 6.07) is 12.5. The highest BCUT2D eigenvalue weighted by atomic mass is 79.9. The molecule has 2 nitrogen and oxygen atoms in total. The maximum absolute atomic E-state index is 13.1. The second kappa shape index (κ2) is 6.06. The molecule has 0 unspecified atom stereocenters. The third kappa shape index (κ3) is 3.70. The fourth-order valence-electron chi connectivity index (χ4n) is 1.98. The summed E-state index contributed by atoms with van der Waals surface area (Å²) in [5.74, 6) is -0.191. The Bertz CT molecular complexity index is 572. The van der Waals surface area contributed by atoms with Gasteiger partial charge >= 0.3 is 0 Å². The van der Waals surface area contributed by atoms with Crippen LogP contribution >= 0.6 is 15.9 Å². The average Bonchev–Trinajstić information content (AvgIpc) is 2.36. The summed E-state index contributed by atoms with van der Waals surface area (Å²) in [6.45, 7) is 0.787. The molecule has 0 saturated carbocycles. The summed E-state index contributed by atoms with van der Waals surface area (Å²) < 4.78 is 14.0. The van der Waals surface area contributed by atoms with E-state index in [1.54, 1.807) is 12.1 Å². The Labute approximate surface area is 121 Å². The Morgan fingerprint density at radius 1 is 1.21 bits per heavy atom. The Balaban J connectivity index is 2.03. The molecule has 0 atom stereocenters. The molecule has 0 aliphatic carbocycles. The van der Waals surface area contributed by atoms with E-state index in [4.69, 9.17) is 5.73 Å². The summed E-state index contributed by atoms with van der Waals surface area (Å²) in [5.41, 5.74) is 8.69. The molecular weight excluding hydrogens is 307 g/mol. The maximum atomic E-state index is 13.1. The molecule has 0 heterocycles. The van der Waals surface area contributed by atoms with Gasteiger partial charge in [-0.15, -0.1) is 0 Å². The first kappa shape index (κ1) is 13.9. The van der Waals surface area contributed by atoms with Gasteiger partial charge in [0.1, 0.15) is 5.82 Å². The molecule has 0 bridgehead atoms. The van der Waals surface area contributed by atoms with Crippen LogP contribution in [0.25, 0.3) is 0 Å². The van der Waals surface area contributed by atoms with Crippen molar-refractivity contribution in [3.63, 3.8) is 0 Å². The number of hydrogen-bond donors (Lipinski definition) is 1. The molecule has 100 valence electrons. The molecule has 0 aliphatic heterocycles. The molecule has 0 saturated heterocycles. The summed E-state index contributed by atoms with van der Waals surface area (Å²) in [6.07, 6.45) is 0.782. The monoisotopic (exact) mass is 322 g/mol. The van der Waals surface area contributed by atoms with Crippen LogP contribution in [-0.2, 0) is 6.42 Å². The Hall–Kier alpha value is -1.55. The zero-order chi connectivity index (χ0) is 13.8. The van der Waals surface area contributed by atoms with Crippen LogP contribution in [0.3, 0.4) is 0 Å². The van der Waals surface area contributed by atoms with E-state index in [2.05, 4.69) is 20.8 Å². The van der Waals surface area contributed by atoms with E-state index in [9.17, 15) is 4.39 Å². The molecule has 2 rings (SSSR count). The van der Waals surface area contributed by atoms with Gasteiger partial charge < -0.3 is 10.6 Å². The van der Waals surface area contributed by atoms with Gasteiger partial charge in [0.15, 0.2) is 0 Å². The van der Waals surface area contributed by atoms with Crippen LogP contribution < -0.4 is 10.6 Å². The average molecular weight is 323 g/mol. The molecule has 0 amide bonds. The van der Waals surface area contributed by atoms with Gasteiger partial charge in [0, 0.05) is 18.1 Å². The number of rotatable bonds is 4. The number of anilines is 2. The number of hydrogen-bond acceptors (Lipinski definition) is 2. The Kier molecular flexibility index (Phi) is 4.43. The van der Waals surface area contributed by atoms with E-state index in [-0.39, 0.29) is 5.82 Å². The van der Waals surface area contributed by atoms with Crippen molar-refractivity contribution in [1.29, 1.82) is 0 Å². The predicted molar refractivity (Wildman–Crippen MR) is 81.9 cm³/mol. The lowest BCUT2D eigenvalue weighted by Gasteiger charge is -2.21. The number of benzene rings is 2. The molecule has 4 heteroatoms. The molecule has 2 aromatic carbocycles. The van der Waals surface area contributed by atoms with Gasteiger partial charge in [0.25, 0.3) is 0 Å². The number of nitrogens with zero attached hydrogens (tertiary/aromatic N) is 1. The second-order valence-corrected chi connectivity index (χ2v) is 5.42. The number of nitrogen functional groups attached to an aromatic ring is 1. The van der Waals surface area contributed by atoms with Crippen molar-refractivity contribution in [1.82, 2.24) is 0 Å². The molecular formula is C15H16BrFN2. The van der Waals surface area contributed by atoms with E-state index in [1.807, 2.05) is 31.3 Å². The highest BCUT2D eigenvalue weighted by Gasteiger charge is 2.06. The van der Waals surface area contributed by atoms with Crippen molar-refractivity contribution in [2.24, 2.45) is 0 Å². The van der Waals surface area contributed by atoms with Crippen molar-refractivity contribution in [3.8, 4) is 0 Å². The smallest absolute Gasteiger partial charge is 0.123 e. The lowest BCUT2D eigenvalue weighted by Crippen LogP contribution is -2.21. The normalized spacial score (nSPS) is 10.5. The molecule has 0 aromatic heterocycles. The SMILES string of the molecule is CN(CCc1cccc(F)c1)c1ccc(Br)cc1N. The van der Waals surface area contributed by atoms with Crippen LogP contribution in [0.1, 0.15) is 5.56 Å². The lowest BCUT2D eigenvalue weighted by molar-refractivity contribution is 0.625. The van der Waals surface area contributed by atoms with Crippen molar-refractivity contribution >= 4 is 27.3 Å². The summed E-state index contributed by atoms with van der Waals surface area (Å²) in [5, 5.41) is 0. The fraction of sp³-hybridized carbons (Fsp3) is 0.200. The minimum absolute atomic E-state index is 0.191. The van der Waals surface area contributed by atoms with Crippen molar-refractivity contribution in [3.05, 3.63) is 58.3 Å². The zero-order valence-corrected chi connectivity index (χ0v) is 12.3. The molecule has 0 fully saturated rings. The van der Waals surface area contributed by atoms with E-state index >= 15 is 0 Å². The second-order valence-electron chi connectivity index (χ2n) is 4.50. The van der Waals surface area contributed by atoms with Crippen LogP contribution in [0.15, 0.2) is 46.9 Å². The fourth-order valence-corrected chi connectivity index (χ4v) is 2.36. The Morgan fingerprint density at radius 3 is 2.68 bits per heavy atom. The van der Waals surface area contributed by atoms with Crippen molar-refractivity contribution in [2.45, 2.75) is 6.42 Å². The minimum Gasteiger partial charge on any atom is -0.397 e. The van der Waals surface area contributed by atoms with Crippen molar-refractivity contribution < 1.29 is 4.39 Å². The first-order valence-electron chi connectivity index (χ1n) is 6.07. The van der Waals surface area contributed by atoms with Crippen LogP contribution in [0.2, 0.25) is 0 Å². The minimum atomic E-state index is -0.191. The Morgan fingerprint density at radius 2 is 2.00 bits per heavy atom. The highest BCUT2D eigenvalue weighted by Crippen LogP contribution is 2.25. The zero-order valence-electron chi connectivity index (χ0n) is 10.7. The quantitative estimate of drug-likeness (QED) is 0.866. The van der Waals surface area contributed by atoms with Gasteiger partial charge in [-0.05, 0) is 42.3 Å². The summed E-state index contributed by atoms with van der Waals surface area (Å²) in [7, 11) is 1.99. The van der Waals surface area contributed by atoms with Gasteiger partial charge in [-0.25, -0.2) is 4.39 Å². The first-order valence-corrected chi connectivity index (χ1v) is 6.86. The van der Waals surface area contributed by atoms with E-state index in [1.165, 1.54) is 6.07 Å². The van der Waals surface area contributed by atoms with Gasteiger partial charge in [-0.3, -0.25) is 0 Å². The molecule has 0 spiro atoms. The number of halogens is 2. The summed E-state index contributed by atoms with van der Waals surface area (Å²) >= 11 is 3.39.